The number of hydrogen-bond donors (Lipinski definition) is 1. The van der Waals surface area contributed by atoms with Crippen molar-refractivity contribution in [2.75, 3.05) is 6.61 Å². The third-order valence-corrected chi connectivity index (χ3v) is 4.15. The molecule has 0 spiro atoms. The molecule has 0 heterocycles. The van der Waals surface area contributed by atoms with Crippen LogP contribution < -0.4 is 14.9 Å². The summed E-state index contributed by atoms with van der Waals surface area (Å²) < 4.78 is 24.3. The quantitative estimate of drug-likeness (QED) is 0.250. The molecule has 0 aromatic heterocycles. The van der Waals surface area contributed by atoms with Gasteiger partial charge in [0.15, 0.2) is 0 Å². The fraction of sp³-hybridized carbons (Fsp3) is 0.125. The minimum absolute atomic E-state index is 0.138. The molecule has 1 N–H and O–H groups in total. The summed E-state index contributed by atoms with van der Waals surface area (Å²) in [5.41, 5.74) is 3.44. The number of hydrogen-bond acceptors (Lipinski definition) is 5. The number of nitrogens with one attached hydrogen (secondary N) is 1. The number of carbonyl (C=O) groups excluding carboxylic acids is 2. The Morgan fingerprint density at radius 1 is 0.968 bits per heavy atom. The van der Waals surface area contributed by atoms with E-state index in [0.29, 0.717) is 23.5 Å². The molecule has 7 heteroatoms. The van der Waals surface area contributed by atoms with Crippen LogP contribution in [0, 0.1) is 5.82 Å². The van der Waals surface area contributed by atoms with Crippen LogP contribution in [0.1, 0.15) is 39.6 Å². The molecule has 6 nitrogen and oxygen atoms in total. The number of rotatable bonds is 8. The Morgan fingerprint density at radius 3 is 2.32 bits per heavy atom. The lowest BCUT2D eigenvalue weighted by Gasteiger charge is -2.06. The highest BCUT2D eigenvalue weighted by atomic mass is 19.1. The van der Waals surface area contributed by atoms with E-state index in [0.717, 1.165) is 6.42 Å². The topological polar surface area (TPSA) is 77.0 Å². The maximum absolute atomic E-state index is 13.6. The first kappa shape index (κ1) is 21.7. The predicted molar refractivity (Wildman–Crippen MR) is 115 cm³/mol. The molecule has 0 aliphatic carbocycles. The molecule has 0 fully saturated rings. The maximum atomic E-state index is 13.6. The molecule has 3 aromatic carbocycles. The Morgan fingerprint density at radius 2 is 1.65 bits per heavy atom. The number of amides is 1. The second-order valence-electron chi connectivity index (χ2n) is 6.51. The van der Waals surface area contributed by atoms with Crippen molar-refractivity contribution < 1.29 is 23.5 Å². The van der Waals surface area contributed by atoms with Crippen LogP contribution in [0.4, 0.5) is 4.39 Å². The molecule has 0 atom stereocenters. The van der Waals surface area contributed by atoms with Crippen LogP contribution in [0.5, 0.6) is 11.5 Å². The molecular weight excluding hydrogens is 399 g/mol. The van der Waals surface area contributed by atoms with Crippen LogP contribution in [-0.4, -0.2) is 24.7 Å². The fourth-order valence-corrected chi connectivity index (χ4v) is 2.56. The first-order chi connectivity index (χ1) is 15.1. The molecule has 0 saturated heterocycles. The van der Waals surface area contributed by atoms with Gasteiger partial charge in [-0.05, 0) is 72.6 Å². The van der Waals surface area contributed by atoms with Crippen LogP contribution in [-0.2, 0) is 0 Å². The molecule has 0 aliphatic rings. The largest absolute Gasteiger partial charge is 0.494 e. The molecule has 158 valence electrons. The number of carbonyl (C=O) groups is 2. The summed E-state index contributed by atoms with van der Waals surface area (Å²) in [5, 5.41) is 3.93. The van der Waals surface area contributed by atoms with Gasteiger partial charge in [-0.15, -0.1) is 0 Å². The molecule has 0 unspecified atom stereocenters. The Kier molecular flexibility index (Phi) is 7.48. The number of halogens is 1. The summed E-state index contributed by atoms with van der Waals surface area (Å²) in [7, 11) is 0. The normalized spacial score (nSPS) is 10.6. The van der Waals surface area contributed by atoms with Crippen molar-refractivity contribution in [1.29, 1.82) is 0 Å². The highest BCUT2D eigenvalue weighted by Crippen LogP contribution is 2.15. The minimum atomic E-state index is -0.780. The van der Waals surface area contributed by atoms with E-state index in [2.05, 4.69) is 10.5 Å². The van der Waals surface area contributed by atoms with Gasteiger partial charge in [0, 0.05) is 5.56 Å². The summed E-state index contributed by atoms with van der Waals surface area (Å²) in [6, 6.07) is 18.8. The fourth-order valence-electron chi connectivity index (χ4n) is 2.56. The van der Waals surface area contributed by atoms with E-state index in [1.807, 2.05) is 6.92 Å². The zero-order chi connectivity index (χ0) is 22.1. The summed E-state index contributed by atoms with van der Waals surface area (Å²) in [6.45, 7) is 2.64. The van der Waals surface area contributed by atoms with Crippen LogP contribution in [0.2, 0.25) is 0 Å². The summed E-state index contributed by atoms with van der Waals surface area (Å²) in [4.78, 5) is 24.2. The highest BCUT2D eigenvalue weighted by Gasteiger charge is 2.13. The van der Waals surface area contributed by atoms with Crippen molar-refractivity contribution in [3.8, 4) is 11.5 Å². The average molecular weight is 420 g/mol. The molecule has 0 radical (unpaired) electrons. The van der Waals surface area contributed by atoms with Gasteiger partial charge in [-0.1, -0.05) is 19.1 Å². The second kappa shape index (κ2) is 10.7. The first-order valence-corrected chi connectivity index (χ1v) is 9.70. The molecule has 0 aliphatic heterocycles. The Labute approximate surface area is 179 Å². The minimum Gasteiger partial charge on any atom is -0.494 e. The number of benzene rings is 3. The molecule has 31 heavy (non-hydrogen) atoms. The third-order valence-electron chi connectivity index (χ3n) is 4.15. The Bertz CT molecular complexity index is 1060. The molecule has 0 bridgehead atoms. The summed E-state index contributed by atoms with van der Waals surface area (Å²) in [6.07, 6.45) is 2.37. The maximum Gasteiger partial charge on any atom is 0.346 e. The van der Waals surface area contributed by atoms with Gasteiger partial charge in [0.2, 0.25) is 0 Å². The van der Waals surface area contributed by atoms with Gasteiger partial charge >= 0.3 is 5.97 Å². The number of ether oxygens (including phenoxy) is 2. The van der Waals surface area contributed by atoms with Gasteiger partial charge < -0.3 is 9.47 Å². The lowest BCUT2D eigenvalue weighted by Crippen LogP contribution is -2.17. The van der Waals surface area contributed by atoms with E-state index in [-0.39, 0.29) is 17.2 Å². The zero-order valence-electron chi connectivity index (χ0n) is 16.9. The number of esters is 1. The smallest absolute Gasteiger partial charge is 0.346 e. The van der Waals surface area contributed by atoms with E-state index in [1.165, 1.54) is 24.4 Å². The van der Waals surface area contributed by atoms with Crippen molar-refractivity contribution >= 4 is 18.1 Å². The van der Waals surface area contributed by atoms with Crippen LogP contribution in [0.3, 0.4) is 0 Å². The standard InChI is InChI=1S/C24H21FN2O4/c1-2-15-30-19-13-9-18(10-14-19)23(28)27-26-16-17-7-11-20(12-8-17)31-24(29)21-5-3-4-6-22(21)25/h3-14,16H,2,15H2,1H3,(H,27,28)/b26-16+. The lowest BCUT2D eigenvalue weighted by molar-refractivity contribution is 0.0729. The highest BCUT2D eigenvalue weighted by molar-refractivity contribution is 5.95. The van der Waals surface area contributed by atoms with Crippen LogP contribution >= 0.6 is 0 Å². The summed E-state index contributed by atoms with van der Waals surface area (Å²) >= 11 is 0. The van der Waals surface area contributed by atoms with E-state index in [4.69, 9.17) is 9.47 Å². The van der Waals surface area contributed by atoms with Gasteiger partial charge in [-0.25, -0.2) is 14.6 Å². The second-order valence-corrected chi connectivity index (χ2v) is 6.51. The van der Waals surface area contributed by atoms with Gasteiger partial charge in [-0.2, -0.15) is 5.10 Å². The lowest BCUT2D eigenvalue weighted by atomic mass is 10.2. The zero-order valence-corrected chi connectivity index (χ0v) is 16.9. The van der Waals surface area contributed by atoms with Crippen molar-refractivity contribution in [2.45, 2.75) is 13.3 Å². The van der Waals surface area contributed by atoms with Gasteiger partial charge in [0.05, 0.1) is 18.4 Å². The first-order valence-electron chi connectivity index (χ1n) is 9.70. The number of nitrogens with zero attached hydrogens (tertiary/aromatic N) is 1. The van der Waals surface area contributed by atoms with Gasteiger partial charge in [0.25, 0.3) is 5.91 Å². The number of hydrazone groups is 1. The van der Waals surface area contributed by atoms with Crippen molar-refractivity contribution in [3.63, 3.8) is 0 Å². The molecule has 0 saturated carbocycles. The Hall–Kier alpha value is -4.00. The van der Waals surface area contributed by atoms with E-state index < -0.39 is 11.8 Å². The average Bonchev–Trinajstić information content (AvgIpc) is 2.79. The van der Waals surface area contributed by atoms with E-state index >= 15 is 0 Å². The third kappa shape index (κ3) is 6.24. The molecule has 3 rings (SSSR count). The molecule has 1 amide bonds. The van der Waals surface area contributed by atoms with Crippen LogP contribution in [0.15, 0.2) is 77.9 Å². The van der Waals surface area contributed by atoms with E-state index in [1.54, 1.807) is 54.6 Å². The molecule has 3 aromatic rings. The molecular formula is C24H21FN2O4. The summed E-state index contributed by atoms with van der Waals surface area (Å²) in [5.74, 6) is -0.806. The van der Waals surface area contributed by atoms with Gasteiger partial charge in [-0.3, -0.25) is 4.79 Å². The SMILES string of the molecule is CCCOc1ccc(C(=O)N/N=C/c2ccc(OC(=O)c3ccccc3F)cc2)cc1. The van der Waals surface area contributed by atoms with Crippen molar-refractivity contribution in [1.82, 2.24) is 5.43 Å². The Balaban J connectivity index is 1.53. The monoisotopic (exact) mass is 420 g/mol. The van der Waals surface area contributed by atoms with E-state index in [9.17, 15) is 14.0 Å². The van der Waals surface area contributed by atoms with Crippen molar-refractivity contribution in [3.05, 3.63) is 95.3 Å². The van der Waals surface area contributed by atoms with Gasteiger partial charge in [0.1, 0.15) is 17.3 Å². The van der Waals surface area contributed by atoms with Crippen molar-refractivity contribution in [2.24, 2.45) is 5.10 Å². The predicted octanol–water partition coefficient (Wildman–Crippen LogP) is 4.60. The van der Waals surface area contributed by atoms with Crippen LogP contribution in [0.25, 0.3) is 0 Å².